The monoisotopic (exact) mass is 536 g/mol. The Morgan fingerprint density at radius 1 is 0.784 bits per heavy atom. The van der Waals surface area contributed by atoms with E-state index in [-0.39, 0.29) is 24.5 Å². The lowest BCUT2D eigenvalue weighted by molar-refractivity contribution is -0.330. The zero-order valence-electron chi connectivity index (χ0n) is 21.6. The fourth-order valence-corrected chi connectivity index (χ4v) is 5.70. The van der Waals surface area contributed by atoms with Crippen molar-refractivity contribution in [3.63, 3.8) is 0 Å². The van der Waals surface area contributed by atoms with Gasteiger partial charge in [-0.15, -0.1) is 0 Å². The molecule has 14 unspecified atom stereocenters. The van der Waals surface area contributed by atoms with Gasteiger partial charge in [-0.1, -0.05) is 6.92 Å². The van der Waals surface area contributed by atoms with Gasteiger partial charge in [0.05, 0.1) is 38.1 Å². The highest BCUT2D eigenvalue weighted by Gasteiger charge is 2.49. The Labute approximate surface area is 217 Å². The summed E-state index contributed by atoms with van der Waals surface area (Å²) in [5, 5.41) is 60.5. The van der Waals surface area contributed by atoms with Crippen LogP contribution in [-0.2, 0) is 28.4 Å². The van der Waals surface area contributed by atoms with Crippen LogP contribution in [0.1, 0.15) is 46.0 Å². The molecular formula is C25H44O12. The maximum Gasteiger partial charge on any atom is 0.186 e. The molecule has 37 heavy (non-hydrogen) atoms. The van der Waals surface area contributed by atoms with Gasteiger partial charge in [0.15, 0.2) is 12.6 Å². The average molecular weight is 537 g/mol. The van der Waals surface area contributed by atoms with Gasteiger partial charge in [-0.25, -0.2) is 0 Å². The number of aliphatic hydroxyl groups is 6. The lowest BCUT2D eigenvalue weighted by atomic mass is 9.81. The summed E-state index contributed by atoms with van der Waals surface area (Å²) in [6, 6.07) is 0. The van der Waals surface area contributed by atoms with Crippen LogP contribution < -0.4 is 0 Å². The van der Waals surface area contributed by atoms with E-state index in [4.69, 9.17) is 28.4 Å². The summed E-state index contributed by atoms with van der Waals surface area (Å²) in [6.45, 7) is 3.80. The van der Waals surface area contributed by atoms with Crippen LogP contribution in [0.5, 0.6) is 0 Å². The summed E-state index contributed by atoms with van der Waals surface area (Å²) < 4.78 is 35.7. The third-order valence-corrected chi connectivity index (χ3v) is 8.18. The standard InChI is InChI=1S/C25H44O12/c1-12-5-6-14(8-16(12)36-24-21(31)20(30)18(28)13(2)34-24)11-33-25-23-22(19(29)17(10-27)37-25)35-15(9-26)4-3-7-32-23/h12-31H,3-11H2,1-2H3. The topological polar surface area (TPSA) is 177 Å². The quantitative estimate of drug-likeness (QED) is 0.226. The molecule has 0 spiro atoms. The molecule has 216 valence electrons. The molecule has 0 bridgehead atoms. The second kappa shape index (κ2) is 13.2. The summed E-state index contributed by atoms with van der Waals surface area (Å²) in [4.78, 5) is 0. The highest BCUT2D eigenvalue weighted by Crippen LogP contribution is 2.35. The van der Waals surface area contributed by atoms with Gasteiger partial charge in [0.25, 0.3) is 0 Å². The Balaban J connectivity index is 1.36. The van der Waals surface area contributed by atoms with E-state index in [1.165, 1.54) is 0 Å². The molecule has 0 aromatic carbocycles. The molecule has 4 fully saturated rings. The minimum absolute atomic E-state index is 0.0935. The van der Waals surface area contributed by atoms with Crippen LogP contribution in [0.3, 0.4) is 0 Å². The van der Waals surface area contributed by atoms with E-state index in [1.807, 2.05) is 0 Å². The Hall–Kier alpha value is -0.480. The normalized spacial score (nSPS) is 49.6. The minimum atomic E-state index is -1.36. The van der Waals surface area contributed by atoms with Crippen molar-refractivity contribution in [2.75, 3.05) is 26.4 Å². The van der Waals surface area contributed by atoms with Gasteiger partial charge < -0.3 is 59.1 Å². The van der Waals surface area contributed by atoms with Gasteiger partial charge in [0, 0.05) is 6.61 Å². The zero-order valence-corrected chi connectivity index (χ0v) is 21.6. The number of hydrogen-bond acceptors (Lipinski definition) is 12. The maximum absolute atomic E-state index is 10.7. The zero-order chi connectivity index (χ0) is 26.7. The fourth-order valence-electron chi connectivity index (χ4n) is 5.70. The van der Waals surface area contributed by atoms with Gasteiger partial charge in [-0.3, -0.25) is 0 Å². The van der Waals surface area contributed by atoms with Crippen molar-refractivity contribution in [3.8, 4) is 0 Å². The van der Waals surface area contributed by atoms with Crippen molar-refractivity contribution in [2.24, 2.45) is 11.8 Å². The lowest BCUT2D eigenvalue weighted by Gasteiger charge is -2.46. The van der Waals surface area contributed by atoms with Crippen LogP contribution in [-0.4, -0.2) is 131 Å². The molecule has 0 aromatic rings. The molecular weight excluding hydrogens is 492 g/mol. The first-order chi connectivity index (χ1) is 17.7. The lowest BCUT2D eigenvalue weighted by Crippen LogP contribution is -2.62. The highest BCUT2D eigenvalue weighted by molar-refractivity contribution is 4.93. The van der Waals surface area contributed by atoms with Crippen LogP contribution in [0.15, 0.2) is 0 Å². The summed E-state index contributed by atoms with van der Waals surface area (Å²) >= 11 is 0. The summed E-state index contributed by atoms with van der Waals surface area (Å²) in [6.07, 6.45) is -7.14. The largest absolute Gasteiger partial charge is 0.394 e. The smallest absolute Gasteiger partial charge is 0.186 e. The number of ether oxygens (including phenoxy) is 6. The first-order valence-corrected chi connectivity index (χ1v) is 13.5. The van der Waals surface area contributed by atoms with Gasteiger partial charge in [-0.2, -0.15) is 0 Å². The van der Waals surface area contributed by atoms with Crippen molar-refractivity contribution < 1.29 is 59.1 Å². The van der Waals surface area contributed by atoms with Crippen LogP contribution in [0.25, 0.3) is 0 Å². The molecule has 0 amide bonds. The van der Waals surface area contributed by atoms with Gasteiger partial charge in [0.1, 0.15) is 42.7 Å². The molecule has 3 saturated heterocycles. The van der Waals surface area contributed by atoms with Crippen LogP contribution >= 0.6 is 0 Å². The Kier molecular flexibility index (Phi) is 10.6. The third-order valence-electron chi connectivity index (χ3n) is 8.18. The summed E-state index contributed by atoms with van der Waals surface area (Å²) in [7, 11) is 0. The summed E-state index contributed by atoms with van der Waals surface area (Å²) in [5.41, 5.74) is 0. The predicted octanol–water partition coefficient (Wildman–Crippen LogP) is -1.34. The predicted molar refractivity (Wildman–Crippen MR) is 126 cm³/mol. The van der Waals surface area contributed by atoms with E-state index in [1.54, 1.807) is 6.92 Å². The van der Waals surface area contributed by atoms with E-state index < -0.39 is 74.1 Å². The number of fused-ring (bicyclic) bond motifs is 1. The van der Waals surface area contributed by atoms with E-state index in [2.05, 4.69) is 6.92 Å². The third kappa shape index (κ3) is 6.82. The molecule has 12 nitrogen and oxygen atoms in total. The van der Waals surface area contributed by atoms with E-state index in [9.17, 15) is 30.6 Å². The molecule has 3 aliphatic heterocycles. The second-order valence-electron chi connectivity index (χ2n) is 10.9. The van der Waals surface area contributed by atoms with Crippen LogP contribution in [0, 0.1) is 11.8 Å². The Bertz CT molecular complexity index is 699. The minimum Gasteiger partial charge on any atom is -0.394 e. The van der Waals surface area contributed by atoms with E-state index in [0.29, 0.717) is 32.5 Å². The van der Waals surface area contributed by atoms with Crippen molar-refractivity contribution in [1.29, 1.82) is 0 Å². The molecule has 0 aromatic heterocycles. The fraction of sp³-hybridized carbons (Fsp3) is 1.00. The van der Waals surface area contributed by atoms with Gasteiger partial charge in [0.2, 0.25) is 0 Å². The molecule has 4 rings (SSSR count). The SMILES string of the molecule is CC1CCC(COC2OC(CO)C(O)C3OC(CO)CCCOC23)CC1OC1OC(C)C(O)C(O)C1O. The maximum atomic E-state index is 10.7. The van der Waals surface area contributed by atoms with Crippen molar-refractivity contribution in [1.82, 2.24) is 0 Å². The molecule has 6 N–H and O–H groups in total. The van der Waals surface area contributed by atoms with E-state index in [0.717, 1.165) is 12.8 Å². The molecule has 3 heterocycles. The highest BCUT2D eigenvalue weighted by atomic mass is 16.7. The Morgan fingerprint density at radius 2 is 1.57 bits per heavy atom. The first-order valence-electron chi connectivity index (χ1n) is 13.5. The average Bonchev–Trinajstić information content (AvgIpc) is 2.87. The van der Waals surface area contributed by atoms with Gasteiger partial charge in [-0.05, 0) is 50.9 Å². The number of aliphatic hydroxyl groups excluding tert-OH is 6. The molecule has 14 atom stereocenters. The number of hydrogen-bond donors (Lipinski definition) is 6. The summed E-state index contributed by atoms with van der Waals surface area (Å²) in [5.74, 6) is 0.282. The van der Waals surface area contributed by atoms with Crippen molar-refractivity contribution in [3.05, 3.63) is 0 Å². The van der Waals surface area contributed by atoms with Crippen molar-refractivity contribution in [2.45, 2.75) is 120 Å². The first kappa shape index (κ1) is 29.5. The molecule has 1 aliphatic carbocycles. The van der Waals surface area contributed by atoms with Crippen LogP contribution in [0.4, 0.5) is 0 Å². The number of rotatable bonds is 7. The van der Waals surface area contributed by atoms with E-state index >= 15 is 0 Å². The molecule has 4 aliphatic rings. The van der Waals surface area contributed by atoms with Crippen molar-refractivity contribution >= 4 is 0 Å². The van der Waals surface area contributed by atoms with Gasteiger partial charge >= 0.3 is 0 Å². The second-order valence-corrected chi connectivity index (χ2v) is 10.9. The molecule has 0 radical (unpaired) electrons. The molecule has 12 heteroatoms. The molecule has 1 saturated carbocycles. The van der Waals surface area contributed by atoms with Crippen LogP contribution in [0.2, 0.25) is 0 Å². The Morgan fingerprint density at radius 3 is 2.30 bits per heavy atom.